The third-order valence-corrected chi connectivity index (χ3v) is 2.49. The van der Waals surface area contributed by atoms with Crippen molar-refractivity contribution in [2.45, 2.75) is 6.36 Å². The number of halogens is 3. The average molecular weight is 301 g/mol. The van der Waals surface area contributed by atoms with Gasteiger partial charge in [-0.05, 0) is 23.8 Å². The number of alkyl halides is 3. The Hall–Kier alpha value is -2.64. The summed E-state index contributed by atoms with van der Waals surface area (Å²) in [5, 5.41) is 2.01. The SMILES string of the molecule is COC=Cc1ccc(OC(F)(F)F)c(-c2co[nH]c2=O)c1. The zero-order valence-corrected chi connectivity index (χ0v) is 10.7. The molecule has 0 radical (unpaired) electrons. The van der Waals surface area contributed by atoms with Gasteiger partial charge in [-0.3, -0.25) is 4.79 Å². The van der Waals surface area contributed by atoms with E-state index in [0.29, 0.717) is 5.56 Å². The Morgan fingerprint density at radius 3 is 2.62 bits per heavy atom. The number of ether oxygens (including phenoxy) is 2. The van der Waals surface area contributed by atoms with E-state index in [4.69, 9.17) is 4.74 Å². The van der Waals surface area contributed by atoms with Gasteiger partial charge >= 0.3 is 6.36 Å². The van der Waals surface area contributed by atoms with Gasteiger partial charge in [0.15, 0.2) is 0 Å². The minimum atomic E-state index is -4.87. The van der Waals surface area contributed by atoms with Crippen LogP contribution in [0.1, 0.15) is 5.56 Å². The van der Waals surface area contributed by atoms with Crippen LogP contribution in [0.2, 0.25) is 0 Å². The van der Waals surface area contributed by atoms with Crippen LogP contribution in [0.4, 0.5) is 13.2 Å². The fourth-order valence-electron chi connectivity index (χ4n) is 1.66. The van der Waals surface area contributed by atoms with E-state index in [2.05, 4.69) is 9.26 Å². The lowest BCUT2D eigenvalue weighted by Crippen LogP contribution is -2.18. The van der Waals surface area contributed by atoms with Crippen LogP contribution in [0.3, 0.4) is 0 Å². The molecule has 0 aliphatic heterocycles. The van der Waals surface area contributed by atoms with Crippen LogP contribution in [0.5, 0.6) is 5.75 Å². The summed E-state index contributed by atoms with van der Waals surface area (Å²) in [6.07, 6.45) is -0.974. The molecule has 0 bridgehead atoms. The molecule has 0 amide bonds. The molecule has 1 aromatic heterocycles. The van der Waals surface area contributed by atoms with E-state index < -0.39 is 17.7 Å². The van der Waals surface area contributed by atoms with Gasteiger partial charge in [-0.15, -0.1) is 13.2 Å². The summed E-state index contributed by atoms with van der Waals surface area (Å²) in [6.45, 7) is 0. The molecule has 0 fully saturated rings. The largest absolute Gasteiger partial charge is 0.573 e. The second kappa shape index (κ2) is 5.78. The first-order chi connectivity index (χ1) is 9.90. The molecular weight excluding hydrogens is 291 g/mol. The zero-order chi connectivity index (χ0) is 15.5. The van der Waals surface area contributed by atoms with Crippen molar-refractivity contribution in [3.8, 4) is 16.9 Å². The summed E-state index contributed by atoms with van der Waals surface area (Å²) in [4.78, 5) is 11.5. The van der Waals surface area contributed by atoms with Gasteiger partial charge in [-0.1, -0.05) is 6.07 Å². The fourth-order valence-corrected chi connectivity index (χ4v) is 1.66. The lowest BCUT2D eigenvalue weighted by molar-refractivity contribution is -0.274. The number of hydrogen-bond donors (Lipinski definition) is 1. The van der Waals surface area contributed by atoms with Crippen molar-refractivity contribution in [1.82, 2.24) is 5.16 Å². The molecule has 1 heterocycles. The van der Waals surface area contributed by atoms with Gasteiger partial charge in [0.1, 0.15) is 12.0 Å². The molecule has 8 heteroatoms. The van der Waals surface area contributed by atoms with Gasteiger partial charge in [-0.2, -0.15) is 5.16 Å². The highest BCUT2D eigenvalue weighted by Crippen LogP contribution is 2.33. The van der Waals surface area contributed by atoms with Crippen LogP contribution in [-0.4, -0.2) is 18.6 Å². The Kier molecular flexibility index (Phi) is 4.06. The highest BCUT2D eigenvalue weighted by atomic mass is 19.4. The van der Waals surface area contributed by atoms with Crippen LogP contribution in [-0.2, 0) is 4.74 Å². The van der Waals surface area contributed by atoms with Crippen LogP contribution >= 0.6 is 0 Å². The van der Waals surface area contributed by atoms with Crippen molar-refractivity contribution in [3.05, 3.63) is 46.6 Å². The first kappa shape index (κ1) is 14.8. The summed E-state index contributed by atoms with van der Waals surface area (Å²) in [5.41, 5.74) is -0.237. The Morgan fingerprint density at radius 1 is 1.29 bits per heavy atom. The Morgan fingerprint density at radius 2 is 2.05 bits per heavy atom. The minimum Gasteiger partial charge on any atom is -0.504 e. The standard InChI is InChI=1S/C13H10F3NO4/c1-19-5-4-8-2-3-11(21-13(14,15)16)9(6-8)10-7-20-17-12(10)18/h2-7H,1H3,(H,17,18). The molecule has 112 valence electrons. The van der Waals surface area contributed by atoms with Gasteiger partial charge in [0.25, 0.3) is 5.56 Å². The van der Waals surface area contributed by atoms with E-state index in [1.54, 1.807) is 0 Å². The van der Waals surface area contributed by atoms with Gasteiger partial charge in [0.05, 0.1) is 18.9 Å². The maximum atomic E-state index is 12.4. The maximum Gasteiger partial charge on any atom is 0.573 e. The Bertz CT molecular complexity index is 700. The van der Waals surface area contributed by atoms with Gasteiger partial charge < -0.3 is 14.0 Å². The molecule has 0 aliphatic rings. The van der Waals surface area contributed by atoms with Crippen molar-refractivity contribution in [1.29, 1.82) is 0 Å². The molecule has 21 heavy (non-hydrogen) atoms. The molecular formula is C13H10F3NO4. The van der Waals surface area contributed by atoms with Crippen LogP contribution < -0.4 is 10.3 Å². The second-order valence-electron chi connectivity index (χ2n) is 3.92. The van der Waals surface area contributed by atoms with Gasteiger partial charge in [0, 0.05) is 5.56 Å². The molecule has 0 unspecified atom stereocenters. The number of nitrogens with one attached hydrogen (secondary N) is 1. The summed E-state index contributed by atoms with van der Waals surface area (Å²) in [7, 11) is 1.43. The smallest absolute Gasteiger partial charge is 0.504 e. The average Bonchev–Trinajstić information content (AvgIpc) is 2.82. The summed E-state index contributed by atoms with van der Waals surface area (Å²) in [6, 6.07) is 3.87. The van der Waals surface area contributed by atoms with Crippen LogP contribution in [0.15, 0.2) is 40.0 Å². The Labute approximate surface area is 116 Å². The molecule has 0 saturated heterocycles. The number of rotatable bonds is 4. The quantitative estimate of drug-likeness (QED) is 0.881. The first-order valence-electron chi connectivity index (χ1n) is 5.66. The number of aromatic nitrogens is 1. The van der Waals surface area contributed by atoms with Crippen molar-refractivity contribution < 1.29 is 27.2 Å². The highest BCUT2D eigenvalue weighted by molar-refractivity contribution is 5.72. The normalized spacial score (nSPS) is 11.8. The summed E-state index contributed by atoms with van der Waals surface area (Å²) in [5.74, 6) is -0.496. The zero-order valence-electron chi connectivity index (χ0n) is 10.7. The van der Waals surface area contributed by atoms with E-state index in [1.807, 2.05) is 5.16 Å². The fraction of sp³-hybridized carbons (Fsp3) is 0.154. The number of benzene rings is 1. The molecule has 1 aromatic carbocycles. The predicted molar refractivity (Wildman–Crippen MR) is 67.5 cm³/mol. The number of hydrogen-bond acceptors (Lipinski definition) is 4. The molecule has 0 atom stereocenters. The highest BCUT2D eigenvalue weighted by Gasteiger charge is 2.32. The molecule has 2 aromatic rings. The molecule has 2 rings (SSSR count). The monoisotopic (exact) mass is 301 g/mol. The Balaban J connectivity index is 2.53. The van der Waals surface area contributed by atoms with E-state index in [1.165, 1.54) is 31.6 Å². The molecule has 5 nitrogen and oxygen atoms in total. The van der Waals surface area contributed by atoms with E-state index >= 15 is 0 Å². The predicted octanol–water partition coefficient (Wildman–Crippen LogP) is 3.15. The summed E-state index contributed by atoms with van der Waals surface area (Å²) >= 11 is 0. The van der Waals surface area contributed by atoms with Crippen molar-refractivity contribution in [3.63, 3.8) is 0 Å². The van der Waals surface area contributed by atoms with E-state index in [9.17, 15) is 18.0 Å². The van der Waals surface area contributed by atoms with E-state index in [0.717, 1.165) is 12.3 Å². The molecule has 1 N–H and O–H groups in total. The molecule has 0 aliphatic carbocycles. The number of methoxy groups -OCH3 is 1. The first-order valence-corrected chi connectivity index (χ1v) is 5.66. The second-order valence-corrected chi connectivity index (χ2v) is 3.92. The number of aromatic amines is 1. The maximum absolute atomic E-state index is 12.4. The van der Waals surface area contributed by atoms with Gasteiger partial charge in [-0.25, -0.2) is 0 Å². The van der Waals surface area contributed by atoms with Crippen LogP contribution in [0.25, 0.3) is 17.2 Å². The lowest BCUT2D eigenvalue weighted by atomic mass is 10.0. The third-order valence-electron chi connectivity index (χ3n) is 2.49. The van der Waals surface area contributed by atoms with Crippen LogP contribution in [0, 0.1) is 0 Å². The minimum absolute atomic E-state index is 0.0411. The van der Waals surface area contributed by atoms with Crippen molar-refractivity contribution in [2.24, 2.45) is 0 Å². The third kappa shape index (κ3) is 3.68. The summed E-state index contributed by atoms with van der Waals surface area (Å²) < 4.78 is 50.4. The topological polar surface area (TPSA) is 64.5 Å². The lowest BCUT2D eigenvalue weighted by Gasteiger charge is -2.12. The van der Waals surface area contributed by atoms with E-state index in [-0.39, 0.29) is 11.1 Å². The van der Waals surface area contributed by atoms with Crippen molar-refractivity contribution in [2.75, 3.05) is 7.11 Å². The molecule has 0 saturated carbocycles. The molecule has 0 spiro atoms. The van der Waals surface area contributed by atoms with Gasteiger partial charge in [0.2, 0.25) is 0 Å². The number of H-pyrrole nitrogens is 1. The van der Waals surface area contributed by atoms with Crippen molar-refractivity contribution >= 4 is 6.08 Å².